The van der Waals surface area contributed by atoms with Crippen molar-refractivity contribution in [3.05, 3.63) is 28.8 Å². The molecule has 0 aromatic heterocycles. The Morgan fingerprint density at radius 1 is 1.33 bits per heavy atom. The zero-order valence-electron chi connectivity index (χ0n) is 11.0. The van der Waals surface area contributed by atoms with Gasteiger partial charge in [0.05, 0.1) is 22.9 Å². The number of hydrogen-bond acceptors (Lipinski definition) is 3. The van der Waals surface area contributed by atoms with E-state index in [0.717, 1.165) is 30.2 Å². The van der Waals surface area contributed by atoms with Gasteiger partial charge in [-0.3, -0.25) is 0 Å². The summed E-state index contributed by atoms with van der Waals surface area (Å²) < 4.78 is 5.77. The molecule has 0 amide bonds. The van der Waals surface area contributed by atoms with Crippen LogP contribution in [0, 0.1) is 0 Å². The van der Waals surface area contributed by atoms with E-state index in [-0.39, 0.29) is 12.2 Å². The van der Waals surface area contributed by atoms with Gasteiger partial charge in [0.1, 0.15) is 0 Å². The fourth-order valence-electron chi connectivity index (χ4n) is 2.63. The van der Waals surface area contributed by atoms with Crippen LogP contribution in [-0.2, 0) is 11.2 Å². The van der Waals surface area contributed by atoms with Crippen molar-refractivity contribution in [2.24, 2.45) is 5.73 Å². The number of nitrogens with zero attached hydrogens (tertiary/aromatic N) is 1. The van der Waals surface area contributed by atoms with Gasteiger partial charge in [-0.2, -0.15) is 0 Å². The molecule has 0 spiro atoms. The first-order chi connectivity index (χ1) is 8.61. The lowest BCUT2D eigenvalue weighted by molar-refractivity contribution is -0.00525. The summed E-state index contributed by atoms with van der Waals surface area (Å²) in [5, 5.41) is 0.808. The fraction of sp³-hybridized carbons (Fsp3) is 0.571. The van der Waals surface area contributed by atoms with E-state index >= 15 is 0 Å². The molecule has 1 fully saturated rings. The topological polar surface area (TPSA) is 38.5 Å². The summed E-state index contributed by atoms with van der Waals surface area (Å²) in [6.45, 7) is 6.60. The third kappa shape index (κ3) is 2.97. The number of anilines is 1. The molecule has 2 N–H and O–H groups in total. The number of hydrogen-bond donors (Lipinski definition) is 1. The van der Waals surface area contributed by atoms with Crippen molar-refractivity contribution < 1.29 is 4.74 Å². The number of benzene rings is 1. The zero-order chi connectivity index (χ0) is 13.1. The quantitative estimate of drug-likeness (QED) is 0.915. The summed E-state index contributed by atoms with van der Waals surface area (Å²) in [4.78, 5) is 2.33. The molecule has 1 aromatic rings. The number of morpholine rings is 1. The smallest absolute Gasteiger partial charge is 0.0726 e. The highest BCUT2D eigenvalue weighted by Crippen LogP contribution is 2.32. The van der Waals surface area contributed by atoms with Crippen LogP contribution in [0.5, 0.6) is 0 Å². The molecular weight excluding hydrogens is 248 g/mol. The average Bonchev–Trinajstić information content (AvgIpc) is 2.28. The summed E-state index contributed by atoms with van der Waals surface area (Å²) in [7, 11) is 0. The number of halogens is 1. The first kappa shape index (κ1) is 13.7. The van der Waals surface area contributed by atoms with Crippen LogP contribution in [-0.4, -0.2) is 31.8 Å². The van der Waals surface area contributed by atoms with Crippen molar-refractivity contribution in [2.75, 3.05) is 24.5 Å². The molecule has 0 radical (unpaired) electrons. The molecule has 4 heteroatoms. The van der Waals surface area contributed by atoms with Crippen LogP contribution in [0.4, 0.5) is 5.69 Å². The van der Waals surface area contributed by atoms with E-state index in [2.05, 4.69) is 24.8 Å². The van der Waals surface area contributed by atoms with Crippen molar-refractivity contribution in [3.8, 4) is 0 Å². The molecule has 2 atom stereocenters. The highest BCUT2D eigenvalue weighted by atomic mass is 35.5. The molecule has 18 heavy (non-hydrogen) atoms. The van der Waals surface area contributed by atoms with Crippen LogP contribution in [0.1, 0.15) is 19.4 Å². The van der Waals surface area contributed by atoms with Gasteiger partial charge >= 0.3 is 0 Å². The Hall–Kier alpha value is -0.770. The van der Waals surface area contributed by atoms with Crippen LogP contribution < -0.4 is 10.6 Å². The lowest BCUT2D eigenvalue weighted by Crippen LogP contribution is -2.46. The van der Waals surface area contributed by atoms with E-state index in [0.29, 0.717) is 6.54 Å². The minimum Gasteiger partial charge on any atom is -0.372 e. The minimum absolute atomic E-state index is 0.232. The van der Waals surface area contributed by atoms with Gasteiger partial charge < -0.3 is 15.4 Å². The van der Waals surface area contributed by atoms with Crippen molar-refractivity contribution in [1.82, 2.24) is 0 Å². The molecule has 1 aliphatic rings. The highest BCUT2D eigenvalue weighted by molar-refractivity contribution is 6.33. The predicted molar refractivity (Wildman–Crippen MR) is 76.4 cm³/mol. The first-order valence-corrected chi connectivity index (χ1v) is 6.87. The van der Waals surface area contributed by atoms with Gasteiger partial charge in [-0.25, -0.2) is 0 Å². The number of nitrogens with two attached hydrogens (primary N) is 1. The van der Waals surface area contributed by atoms with Gasteiger partial charge in [-0.1, -0.05) is 23.7 Å². The molecule has 0 unspecified atom stereocenters. The van der Waals surface area contributed by atoms with Crippen LogP contribution in [0.25, 0.3) is 0 Å². The third-order valence-electron chi connectivity index (χ3n) is 3.22. The standard InChI is InChI=1S/C14H21ClN2O/c1-10-8-17(9-11(2)18-10)14-12(6-7-16)4-3-5-13(14)15/h3-5,10-11H,6-9,16H2,1-2H3/t10-,11+. The summed E-state index contributed by atoms with van der Waals surface area (Å²) in [6.07, 6.45) is 1.32. The van der Waals surface area contributed by atoms with E-state index in [1.165, 1.54) is 5.56 Å². The molecule has 0 aliphatic carbocycles. The Kier molecular flexibility index (Phi) is 4.49. The summed E-state index contributed by atoms with van der Waals surface area (Å²) in [6, 6.07) is 6.05. The Bertz CT molecular complexity index is 401. The Balaban J connectivity index is 2.30. The van der Waals surface area contributed by atoms with Gasteiger partial charge in [0.2, 0.25) is 0 Å². The average molecular weight is 269 g/mol. The first-order valence-electron chi connectivity index (χ1n) is 6.49. The second kappa shape index (κ2) is 5.91. The van der Waals surface area contributed by atoms with Crippen LogP contribution >= 0.6 is 11.6 Å². The maximum Gasteiger partial charge on any atom is 0.0726 e. The number of rotatable bonds is 3. The van der Waals surface area contributed by atoms with Crippen molar-refractivity contribution in [1.29, 1.82) is 0 Å². The van der Waals surface area contributed by atoms with Gasteiger partial charge in [0, 0.05) is 13.1 Å². The fourth-order valence-corrected chi connectivity index (χ4v) is 2.95. The molecule has 0 bridgehead atoms. The van der Waals surface area contributed by atoms with E-state index in [1.807, 2.05) is 12.1 Å². The monoisotopic (exact) mass is 268 g/mol. The van der Waals surface area contributed by atoms with Crippen LogP contribution in [0.3, 0.4) is 0 Å². The van der Waals surface area contributed by atoms with Gasteiger partial charge in [0.15, 0.2) is 0 Å². The van der Waals surface area contributed by atoms with E-state index in [9.17, 15) is 0 Å². The summed E-state index contributed by atoms with van der Waals surface area (Å²) >= 11 is 6.37. The van der Waals surface area contributed by atoms with E-state index < -0.39 is 0 Å². The third-order valence-corrected chi connectivity index (χ3v) is 3.52. The molecule has 1 heterocycles. The lowest BCUT2D eigenvalue weighted by atomic mass is 10.1. The molecule has 0 saturated carbocycles. The summed E-state index contributed by atoms with van der Waals surface area (Å²) in [5.74, 6) is 0. The lowest BCUT2D eigenvalue weighted by Gasteiger charge is -2.38. The minimum atomic E-state index is 0.232. The molecule has 100 valence electrons. The molecule has 1 saturated heterocycles. The SMILES string of the molecule is C[C@@H]1CN(c2c(Cl)cccc2CCN)C[C@H](C)O1. The van der Waals surface area contributed by atoms with Crippen molar-refractivity contribution in [3.63, 3.8) is 0 Å². The van der Waals surface area contributed by atoms with Crippen molar-refractivity contribution >= 4 is 17.3 Å². The molecule has 3 nitrogen and oxygen atoms in total. The number of para-hydroxylation sites is 1. The molecular formula is C14H21ClN2O. The summed E-state index contributed by atoms with van der Waals surface area (Å²) in [5.41, 5.74) is 8.04. The van der Waals surface area contributed by atoms with Crippen LogP contribution in [0.15, 0.2) is 18.2 Å². The van der Waals surface area contributed by atoms with E-state index in [4.69, 9.17) is 22.1 Å². The van der Waals surface area contributed by atoms with Gasteiger partial charge in [-0.05, 0) is 38.4 Å². The van der Waals surface area contributed by atoms with Gasteiger partial charge in [-0.15, -0.1) is 0 Å². The Morgan fingerprint density at radius 3 is 2.61 bits per heavy atom. The predicted octanol–water partition coefficient (Wildman–Crippen LogP) is 2.45. The second-order valence-electron chi connectivity index (χ2n) is 4.95. The molecule has 1 aromatic carbocycles. The largest absolute Gasteiger partial charge is 0.372 e. The van der Waals surface area contributed by atoms with E-state index in [1.54, 1.807) is 0 Å². The maximum absolute atomic E-state index is 6.37. The molecule has 1 aliphatic heterocycles. The number of ether oxygens (including phenoxy) is 1. The highest BCUT2D eigenvalue weighted by Gasteiger charge is 2.25. The van der Waals surface area contributed by atoms with Crippen LogP contribution in [0.2, 0.25) is 5.02 Å². The Labute approximate surface area is 114 Å². The van der Waals surface area contributed by atoms with Gasteiger partial charge in [0.25, 0.3) is 0 Å². The Morgan fingerprint density at radius 2 is 2.00 bits per heavy atom. The zero-order valence-corrected chi connectivity index (χ0v) is 11.8. The second-order valence-corrected chi connectivity index (χ2v) is 5.36. The maximum atomic E-state index is 6.37. The molecule has 2 rings (SSSR count). The normalized spacial score (nSPS) is 24.3. The van der Waals surface area contributed by atoms with Crippen molar-refractivity contribution in [2.45, 2.75) is 32.5 Å².